The number of hydrogen-bond acceptors (Lipinski definition) is 3. The van der Waals surface area contributed by atoms with E-state index in [1.807, 2.05) is 13.0 Å². The van der Waals surface area contributed by atoms with E-state index in [0.29, 0.717) is 10.8 Å². The number of aryl methyl sites for hydroxylation is 1. The van der Waals surface area contributed by atoms with Gasteiger partial charge in [-0.25, -0.2) is 4.98 Å². The van der Waals surface area contributed by atoms with E-state index in [0.717, 1.165) is 37.8 Å². The van der Waals surface area contributed by atoms with Crippen LogP contribution in [0, 0.1) is 6.92 Å². The molecule has 0 saturated carbocycles. The van der Waals surface area contributed by atoms with Crippen LogP contribution in [-0.4, -0.2) is 23.0 Å². The third kappa shape index (κ3) is 2.90. The summed E-state index contributed by atoms with van der Waals surface area (Å²) in [7, 11) is 0. The normalized spacial score (nSPS) is 22.5. The van der Waals surface area contributed by atoms with Crippen LogP contribution in [0.4, 0.5) is 5.69 Å². The molecule has 19 heavy (non-hydrogen) atoms. The smallest absolute Gasteiger partial charge is 0.244 e. The van der Waals surface area contributed by atoms with Gasteiger partial charge in [-0.1, -0.05) is 24.9 Å². The fourth-order valence-corrected chi connectivity index (χ4v) is 2.91. The van der Waals surface area contributed by atoms with Crippen molar-refractivity contribution in [2.24, 2.45) is 0 Å². The fraction of sp³-hybridized carbons (Fsp3) is 0.571. The first-order valence-electron chi connectivity index (χ1n) is 6.76. The van der Waals surface area contributed by atoms with Crippen LogP contribution in [0.1, 0.15) is 38.2 Å². The molecule has 1 saturated heterocycles. The molecule has 1 aromatic heterocycles. The Morgan fingerprint density at radius 2 is 2.42 bits per heavy atom. The van der Waals surface area contributed by atoms with E-state index in [1.165, 1.54) is 0 Å². The van der Waals surface area contributed by atoms with Crippen LogP contribution in [0.15, 0.2) is 12.3 Å². The van der Waals surface area contributed by atoms with Crippen LogP contribution in [-0.2, 0) is 4.79 Å². The largest absolute Gasteiger partial charge is 0.322 e. The molecule has 0 spiro atoms. The molecule has 0 aliphatic carbocycles. The van der Waals surface area contributed by atoms with Crippen LogP contribution in [0.25, 0.3) is 0 Å². The lowest BCUT2D eigenvalue weighted by atomic mass is 9.90. The summed E-state index contributed by atoms with van der Waals surface area (Å²) in [4.78, 5) is 16.6. The molecule has 1 fully saturated rings. The number of nitrogens with one attached hydrogen (secondary N) is 2. The summed E-state index contributed by atoms with van der Waals surface area (Å²) in [5.41, 5.74) is 1.11. The second-order valence-corrected chi connectivity index (χ2v) is 5.47. The van der Waals surface area contributed by atoms with E-state index >= 15 is 0 Å². The maximum Gasteiger partial charge on any atom is 0.244 e. The number of aromatic nitrogens is 1. The Balaban J connectivity index is 2.20. The monoisotopic (exact) mass is 281 g/mol. The third-order valence-corrected chi connectivity index (χ3v) is 3.99. The van der Waals surface area contributed by atoms with Crippen LogP contribution in [0.3, 0.4) is 0 Å². The van der Waals surface area contributed by atoms with Crippen molar-refractivity contribution in [2.75, 3.05) is 11.9 Å². The van der Waals surface area contributed by atoms with Crippen LogP contribution in [0.2, 0.25) is 5.15 Å². The molecule has 0 radical (unpaired) electrons. The number of carbonyl (C=O) groups is 1. The summed E-state index contributed by atoms with van der Waals surface area (Å²) in [6, 6.07) is 1.84. The average Bonchev–Trinajstić information content (AvgIpc) is 2.84. The minimum atomic E-state index is -0.444. The summed E-state index contributed by atoms with van der Waals surface area (Å²) in [6.45, 7) is 4.91. The number of rotatable bonds is 4. The fourth-order valence-electron chi connectivity index (χ4n) is 2.66. The number of nitrogens with zero attached hydrogens (tertiary/aromatic N) is 1. The van der Waals surface area contributed by atoms with E-state index in [-0.39, 0.29) is 5.91 Å². The molecule has 2 rings (SSSR count). The summed E-state index contributed by atoms with van der Waals surface area (Å²) in [6.07, 6.45) is 5.37. The quantitative estimate of drug-likeness (QED) is 0.835. The van der Waals surface area contributed by atoms with Crippen LogP contribution in [0.5, 0.6) is 0 Å². The molecule has 104 valence electrons. The minimum absolute atomic E-state index is 0.00449. The molecule has 1 aromatic rings. The Morgan fingerprint density at radius 1 is 1.63 bits per heavy atom. The van der Waals surface area contributed by atoms with Crippen molar-refractivity contribution in [3.63, 3.8) is 0 Å². The SMILES string of the molecule is CCCC1(C(=O)Nc2c(C)ccnc2Cl)CCCN1. The molecule has 1 unspecified atom stereocenters. The molecular formula is C14H20ClN3O. The zero-order valence-corrected chi connectivity index (χ0v) is 12.2. The van der Waals surface area contributed by atoms with Gasteiger partial charge >= 0.3 is 0 Å². The Kier molecular flexibility index (Phi) is 4.42. The van der Waals surface area contributed by atoms with Gasteiger partial charge in [-0.15, -0.1) is 0 Å². The second kappa shape index (κ2) is 5.88. The van der Waals surface area contributed by atoms with Crippen molar-refractivity contribution >= 4 is 23.2 Å². The van der Waals surface area contributed by atoms with Gasteiger partial charge < -0.3 is 10.6 Å². The first-order valence-corrected chi connectivity index (χ1v) is 7.14. The second-order valence-electron chi connectivity index (χ2n) is 5.11. The molecule has 1 aliphatic rings. The number of halogens is 1. The summed E-state index contributed by atoms with van der Waals surface area (Å²) in [5, 5.41) is 6.65. The Morgan fingerprint density at radius 3 is 3.00 bits per heavy atom. The number of hydrogen-bond donors (Lipinski definition) is 2. The highest BCUT2D eigenvalue weighted by atomic mass is 35.5. The van der Waals surface area contributed by atoms with Crippen molar-refractivity contribution < 1.29 is 4.79 Å². The topological polar surface area (TPSA) is 54.0 Å². The standard InChI is InChI=1S/C14H20ClN3O/c1-3-6-14(7-4-8-17-14)13(19)18-11-10(2)5-9-16-12(11)15/h5,9,17H,3-4,6-8H2,1-2H3,(H,18,19). The third-order valence-electron chi connectivity index (χ3n) is 3.71. The van der Waals surface area contributed by atoms with Gasteiger partial charge in [0.15, 0.2) is 5.15 Å². The van der Waals surface area contributed by atoms with Crippen molar-refractivity contribution in [1.82, 2.24) is 10.3 Å². The van der Waals surface area contributed by atoms with Gasteiger partial charge in [0.05, 0.1) is 11.2 Å². The number of pyridine rings is 1. The molecule has 0 bridgehead atoms. The van der Waals surface area contributed by atoms with E-state index in [4.69, 9.17) is 11.6 Å². The molecule has 2 heterocycles. The first kappa shape index (κ1) is 14.3. The molecule has 1 atom stereocenters. The highest BCUT2D eigenvalue weighted by molar-refractivity contribution is 6.32. The predicted molar refractivity (Wildman–Crippen MR) is 77.5 cm³/mol. The van der Waals surface area contributed by atoms with E-state index in [1.54, 1.807) is 6.20 Å². The first-order chi connectivity index (χ1) is 9.09. The summed E-state index contributed by atoms with van der Waals surface area (Å²) in [5.74, 6) is 0.00449. The van der Waals surface area contributed by atoms with Gasteiger partial charge in [-0.05, 0) is 44.4 Å². The van der Waals surface area contributed by atoms with Crippen LogP contribution >= 0.6 is 11.6 Å². The van der Waals surface area contributed by atoms with Crippen molar-refractivity contribution in [2.45, 2.75) is 45.1 Å². The Hall–Kier alpha value is -1.13. The molecule has 0 aromatic carbocycles. The van der Waals surface area contributed by atoms with E-state index in [2.05, 4.69) is 22.5 Å². The summed E-state index contributed by atoms with van der Waals surface area (Å²) >= 11 is 6.06. The number of carbonyl (C=O) groups excluding carboxylic acids is 1. The zero-order valence-electron chi connectivity index (χ0n) is 11.4. The minimum Gasteiger partial charge on any atom is -0.322 e. The Labute approximate surface area is 118 Å². The lowest BCUT2D eigenvalue weighted by molar-refractivity contribution is -0.122. The molecular weight excluding hydrogens is 262 g/mol. The average molecular weight is 282 g/mol. The van der Waals surface area contributed by atoms with Crippen LogP contribution < -0.4 is 10.6 Å². The highest BCUT2D eigenvalue weighted by Gasteiger charge is 2.40. The van der Waals surface area contributed by atoms with Gasteiger partial charge in [0.25, 0.3) is 0 Å². The number of anilines is 1. The van der Waals surface area contributed by atoms with Crippen molar-refractivity contribution in [1.29, 1.82) is 0 Å². The lowest BCUT2D eigenvalue weighted by Crippen LogP contribution is -2.50. The van der Waals surface area contributed by atoms with Gasteiger partial charge in [-0.3, -0.25) is 4.79 Å². The lowest BCUT2D eigenvalue weighted by Gasteiger charge is -2.28. The van der Waals surface area contributed by atoms with Crippen molar-refractivity contribution in [3.8, 4) is 0 Å². The maximum absolute atomic E-state index is 12.6. The number of amides is 1. The van der Waals surface area contributed by atoms with Gasteiger partial charge in [0, 0.05) is 6.20 Å². The molecule has 2 N–H and O–H groups in total. The van der Waals surface area contributed by atoms with Crippen molar-refractivity contribution in [3.05, 3.63) is 23.0 Å². The predicted octanol–water partition coefficient (Wildman–Crippen LogP) is 2.90. The summed E-state index contributed by atoms with van der Waals surface area (Å²) < 4.78 is 0. The molecule has 4 nitrogen and oxygen atoms in total. The van der Waals surface area contributed by atoms with E-state index < -0.39 is 5.54 Å². The molecule has 1 amide bonds. The van der Waals surface area contributed by atoms with Gasteiger partial charge in [-0.2, -0.15) is 0 Å². The molecule has 1 aliphatic heterocycles. The van der Waals surface area contributed by atoms with E-state index in [9.17, 15) is 4.79 Å². The zero-order chi connectivity index (χ0) is 13.9. The maximum atomic E-state index is 12.6. The highest BCUT2D eigenvalue weighted by Crippen LogP contribution is 2.29. The van der Waals surface area contributed by atoms with Gasteiger partial charge in [0.2, 0.25) is 5.91 Å². The molecule has 5 heteroatoms. The Bertz CT molecular complexity index is 450. The van der Waals surface area contributed by atoms with Gasteiger partial charge in [0.1, 0.15) is 0 Å².